The Labute approximate surface area is 121 Å². The van der Waals surface area contributed by atoms with Gasteiger partial charge < -0.3 is 14.2 Å². The van der Waals surface area contributed by atoms with Gasteiger partial charge in [0.1, 0.15) is 12.7 Å². The van der Waals surface area contributed by atoms with E-state index in [-0.39, 0.29) is 5.75 Å². The van der Waals surface area contributed by atoms with Crippen molar-refractivity contribution in [1.29, 1.82) is 0 Å². The van der Waals surface area contributed by atoms with Crippen LogP contribution in [-0.4, -0.2) is 41.3 Å². The molecule has 0 N–H and O–H groups in total. The zero-order chi connectivity index (χ0) is 15.2. The van der Waals surface area contributed by atoms with E-state index in [0.717, 1.165) is 0 Å². The van der Waals surface area contributed by atoms with Gasteiger partial charge in [-0.3, -0.25) is 4.79 Å². The molecular weight excluding hydrogens is 276 g/mol. The minimum atomic E-state index is -0.461. The van der Waals surface area contributed by atoms with Crippen LogP contribution in [0.1, 0.15) is 12.5 Å². The average molecular weight is 290 g/mol. The van der Waals surface area contributed by atoms with Crippen molar-refractivity contribution >= 4 is 12.2 Å². The van der Waals surface area contributed by atoms with Gasteiger partial charge in [0, 0.05) is 12.5 Å². The van der Waals surface area contributed by atoms with Gasteiger partial charge in [-0.2, -0.15) is 5.10 Å². The van der Waals surface area contributed by atoms with Crippen molar-refractivity contribution in [2.45, 2.75) is 6.92 Å². The zero-order valence-electron chi connectivity index (χ0n) is 11.8. The number of ether oxygens (including phenoxy) is 3. The summed E-state index contributed by atoms with van der Waals surface area (Å²) < 4.78 is 17.0. The molecular formula is C13H14N4O4. The molecule has 0 radical (unpaired) electrons. The van der Waals surface area contributed by atoms with Crippen molar-refractivity contribution in [2.24, 2.45) is 5.10 Å². The molecule has 8 nitrogen and oxygen atoms in total. The maximum absolute atomic E-state index is 11.1. The highest BCUT2D eigenvalue weighted by molar-refractivity contribution is 5.83. The van der Waals surface area contributed by atoms with Crippen LogP contribution < -0.4 is 14.2 Å². The van der Waals surface area contributed by atoms with Crippen molar-refractivity contribution in [3.05, 3.63) is 30.4 Å². The summed E-state index contributed by atoms with van der Waals surface area (Å²) in [5, 5.41) is 11.4. The van der Waals surface area contributed by atoms with E-state index in [2.05, 4.69) is 15.3 Å². The van der Waals surface area contributed by atoms with E-state index in [1.165, 1.54) is 38.5 Å². The molecule has 0 aliphatic carbocycles. The molecule has 0 aliphatic rings. The molecule has 8 heteroatoms. The van der Waals surface area contributed by atoms with Crippen molar-refractivity contribution in [3.8, 4) is 17.2 Å². The highest BCUT2D eigenvalue weighted by Gasteiger charge is 2.15. The van der Waals surface area contributed by atoms with Crippen LogP contribution in [0.15, 0.2) is 29.9 Å². The first-order valence-electron chi connectivity index (χ1n) is 5.97. The second-order valence-corrected chi connectivity index (χ2v) is 3.93. The first kappa shape index (κ1) is 14.5. The number of methoxy groups -OCH3 is 2. The van der Waals surface area contributed by atoms with Crippen LogP contribution in [0.25, 0.3) is 0 Å². The first-order valence-corrected chi connectivity index (χ1v) is 5.97. The molecule has 21 heavy (non-hydrogen) atoms. The number of hydrogen-bond acceptors (Lipinski definition) is 7. The predicted molar refractivity (Wildman–Crippen MR) is 73.9 cm³/mol. The molecule has 1 aromatic carbocycles. The van der Waals surface area contributed by atoms with Gasteiger partial charge in [-0.05, 0) is 12.1 Å². The molecule has 0 bridgehead atoms. The van der Waals surface area contributed by atoms with Gasteiger partial charge in [-0.15, -0.1) is 10.2 Å². The van der Waals surface area contributed by atoms with Gasteiger partial charge in [0.2, 0.25) is 5.75 Å². The summed E-state index contributed by atoms with van der Waals surface area (Å²) in [6.07, 6.45) is 4.49. The Morgan fingerprint density at radius 2 is 1.76 bits per heavy atom. The Morgan fingerprint density at radius 3 is 2.24 bits per heavy atom. The molecule has 0 atom stereocenters. The average Bonchev–Trinajstić information content (AvgIpc) is 2.98. The SMILES string of the molecule is COc1cc(C=Nn2cnnc2)cc(OC)c1OC(C)=O. The molecule has 0 saturated heterocycles. The zero-order valence-corrected chi connectivity index (χ0v) is 11.8. The van der Waals surface area contributed by atoms with Gasteiger partial charge in [-0.25, -0.2) is 4.68 Å². The normalized spacial score (nSPS) is 10.6. The first-order chi connectivity index (χ1) is 10.1. The molecule has 0 amide bonds. The Hall–Kier alpha value is -2.90. The monoisotopic (exact) mass is 290 g/mol. The molecule has 110 valence electrons. The van der Waals surface area contributed by atoms with Gasteiger partial charge in [0.25, 0.3) is 0 Å². The lowest BCUT2D eigenvalue weighted by Gasteiger charge is -2.13. The third-order valence-corrected chi connectivity index (χ3v) is 2.48. The van der Waals surface area contributed by atoms with Crippen LogP contribution in [0.2, 0.25) is 0 Å². The van der Waals surface area contributed by atoms with E-state index in [1.807, 2.05) is 0 Å². The molecule has 2 rings (SSSR count). The third-order valence-electron chi connectivity index (χ3n) is 2.48. The Bertz CT molecular complexity index is 627. The number of nitrogens with zero attached hydrogens (tertiary/aromatic N) is 4. The minimum Gasteiger partial charge on any atom is -0.493 e. The summed E-state index contributed by atoms with van der Waals surface area (Å²) in [7, 11) is 2.95. The molecule has 0 fully saturated rings. The Balaban J connectivity index is 2.37. The highest BCUT2D eigenvalue weighted by atomic mass is 16.6. The van der Waals surface area contributed by atoms with Crippen molar-refractivity contribution in [3.63, 3.8) is 0 Å². The fraction of sp³-hybridized carbons (Fsp3) is 0.231. The standard InChI is InChI=1S/C13H14N4O4/c1-9(18)21-13-11(19-2)4-10(5-12(13)20-3)6-16-17-7-14-15-8-17/h4-8H,1-3H3. The van der Waals surface area contributed by atoms with E-state index in [1.54, 1.807) is 18.3 Å². The van der Waals surface area contributed by atoms with Crippen LogP contribution in [0, 0.1) is 0 Å². The molecule has 1 aromatic heterocycles. The summed E-state index contributed by atoms with van der Waals surface area (Å²) in [6.45, 7) is 1.31. The quantitative estimate of drug-likeness (QED) is 0.465. The fourth-order valence-corrected chi connectivity index (χ4v) is 1.61. The Morgan fingerprint density at radius 1 is 1.19 bits per heavy atom. The van der Waals surface area contributed by atoms with E-state index >= 15 is 0 Å². The van der Waals surface area contributed by atoms with Crippen molar-refractivity contribution in [1.82, 2.24) is 14.9 Å². The van der Waals surface area contributed by atoms with Crippen molar-refractivity contribution in [2.75, 3.05) is 14.2 Å². The topological polar surface area (TPSA) is 87.8 Å². The van der Waals surface area contributed by atoms with Gasteiger partial charge in [0.15, 0.2) is 11.5 Å². The number of aromatic nitrogens is 3. The number of rotatable bonds is 5. The van der Waals surface area contributed by atoms with Gasteiger partial charge >= 0.3 is 5.97 Å². The molecule has 1 heterocycles. The van der Waals surface area contributed by atoms with Crippen LogP contribution in [0.3, 0.4) is 0 Å². The smallest absolute Gasteiger partial charge is 0.308 e. The lowest BCUT2D eigenvalue weighted by molar-refractivity contribution is -0.132. The Kier molecular flexibility index (Phi) is 4.50. The second kappa shape index (κ2) is 6.51. The maximum Gasteiger partial charge on any atom is 0.308 e. The number of hydrogen-bond donors (Lipinski definition) is 0. The largest absolute Gasteiger partial charge is 0.493 e. The van der Waals surface area contributed by atoms with E-state index < -0.39 is 5.97 Å². The summed E-state index contributed by atoms with van der Waals surface area (Å²) in [4.78, 5) is 11.1. The second-order valence-electron chi connectivity index (χ2n) is 3.93. The summed E-state index contributed by atoms with van der Waals surface area (Å²) in [5.41, 5.74) is 0.702. The number of carbonyl (C=O) groups excluding carboxylic acids is 1. The van der Waals surface area contributed by atoms with Crippen molar-refractivity contribution < 1.29 is 19.0 Å². The molecule has 2 aromatic rings. The number of esters is 1. The fourth-order valence-electron chi connectivity index (χ4n) is 1.61. The predicted octanol–water partition coefficient (Wildman–Crippen LogP) is 1.10. The van der Waals surface area contributed by atoms with Crippen LogP contribution in [-0.2, 0) is 4.79 Å². The summed E-state index contributed by atoms with van der Waals surface area (Å²) >= 11 is 0. The summed E-state index contributed by atoms with van der Waals surface area (Å²) in [6, 6.07) is 3.35. The molecule has 0 saturated carbocycles. The lowest BCUT2D eigenvalue weighted by Crippen LogP contribution is -2.05. The van der Waals surface area contributed by atoms with Crippen LogP contribution in [0.5, 0.6) is 17.2 Å². The van der Waals surface area contributed by atoms with E-state index in [4.69, 9.17) is 14.2 Å². The molecule has 0 unspecified atom stereocenters. The minimum absolute atomic E-state index is 0.231. The molecule has 0 spiro atoms. The molecule has 0 aliphatic heterocycles. The highest BCUT2D eigenvalue weighted by Crippen LogP contribution is 2.38. The van der Waals surface area contributed by atoms with E-state index in [9.17, 15) is 4.79 Å². The number of carbonyl (C=O) groups is 1. The van der Waals surface area contributed by atoms with Crippen LogP contribution >= 0.6 is 0 Å². The van der Waals surface area contributed by atoms with Crippen LogP contribution in [0.4, 0.5) is 0 Å². The third kappa shape index (κ3) is 3.56. The van der Waals surface area contributed by atoms with Gasteiger partial charge in [0.05, 0.1) is 20.4 Å². The van der Waals surface area contributed by atoms with E-state index in [0.29, 0.717) is 17.1 Å². The number of benzene rings is 1. The maximum atomic E-state index is 11.1. The summed E-state index contributed by atoms with van der Waals surface area (Å²) in [5.74, 6) is 0.510. The van der Waals surface area contributed by atoms with Gasteiger partial charge in [-0.1, -0.05) is 0 Å². The lowest BCUT2D eigenvalue weighted by atomic mass is 10.2.